The van der Waals surface area contributed by atoms with Crippen LogP contribution in [0.4, 0.5) is 13.6 Å². The van der Waals surface area contributed by atoms with Gasteiger partial charge in [0.2, 0.25) is 16.0 Å². The number of piperidine rings is 1. The molecule has 0 spiro atoms. The highest BCUT2D eigenvalue weighted by molar-refractivity contribution is 7.89. The number of para-hydroxylation sites is 1. The van der Waals surface area contributed by atoms with Crippen molar-refractivity contribution in [3.8, 4) is 16.9 Å². The summed E-state index contributed by atoms with van der Waals surface area (Å²) in [7, 11) is -4.17. The van der Waals surface area contributed by atoms with Gasteiger partial charge in [-0.15, -0.1) is 0 Å². The summed E-state index contributed by atoms with van der Waals surface area (Å²) in [6.07, 6.45) is 0.278. The average molecular weight is 467 g/mol. The van der Waals surface area contributed by atoms with Crippen LogP contribution in [-0.4, -0.2) is 57.3 Å². The molecule has 2 aliphatic rings. The van der Waals surface area contributed by atoms with Crippen molar-refractivity contribution in [3.63, 3.8) is 0 Å². The van der Waals surface area contributed by atoms with Crippen LogP contribution in [0.5, 0.6) is 5.75 Å². The smallest absolute Gasteiger partial charge is 0.410 e. The van der Waals surface area contributed by atoms with Gasteiger partial charge >= 0.3 is 6.09 Å². The molecule has 2 atom stereocenters. The van der Waals surface area contributed by atoms with E-state index in [0.29, 0.717) is 41.8 Å². The van der Waals surface area contributed by atoms with E-state index in [9.17, 15) is 17.6 Å². The van der Waals surface area contributed by atoms with Gasteiger partial charge in [0, 0.05) is 23.7 Å². The highest BCUT2D eigenvalue weighted by atomic mass is 32.2. The lowest BCUT2D eigenvalue weighted by molar-refractivity contribution is 0.0560. The molecule has 1 amide bonds. The molecule has 2 aromatic carbocycles. The lowest BCUT2D eigenvalue weighted by Gasteiger charge is -2.40. The van der Waals surface area contributed by atoms with Gasteiger partial charge in [0.25, 0.3) is 0 Å². The molecule has 2 heterocycles. The minimum atomic E-state index is -4.17. The van der Waals surface area contributed by atoms with Crippen molar-refractivity contribution in [1.29, 1.82) is 0 Å². The minimum absolute atomic E-state index is 0.0304. The molecule has 172 valence electrons. The standard InChI is InChI=1S/C22H24F2N2O5S/c23-14-32(28,29)25-18-8-4-10-26-19(18)13-15-5-3-7-17(21(15)24)16-6-1-2-9-20(16)30-11-12-31-22(26)27/h1-3,5-7,9,18-19,25H,4,8,10-14H2. The van der Waals surface area contributed by atoms with Crippen LogP contribution in [0.1, 0.15) is 18.4 Å². The number of hydrogen-bond acceptors (Lipinski definition) is 5. The fourth-order valence-electron chi connectivity index (χ4n) is 4.28. The minimum Gasteiger partial charge on any atom is -0.489 e. The topological polar surface area (TPSA) is 84.9 Å². The van der Waals surface area contributed by atoms with Crippen molar-refractivity contribution in [1.82, 2.24) is 9.62 Å². The molecular formula is C22H24F2N2O5S. The van der Waals surface area contributed by atoms with Gasteiger partial charge < -0.3 is 14.4 Å². The number of cyclic esters (lactones) is 1. The Labute approximate surface area is 185 Å². The first kappa shape index (κ1) is 22.5. The number of nitrogens with zero attached hydrogens (tertiary/aromatic N) is 1. The van der Waals surface area contributed by atoms with Gasteiger partial charge in [-0.1, -0.05) is 36.4 Å². The molecular weight excluding hydrogens is 442 g/mol. The molecule has 2 aromatic rings. The second kappa shape index (κ2) is 9.41. The third-order valence-electron chi connectivity index (χ3n) is 5.74. The highest BCUT2D eigenvalue weighted by Gasteiger charge is 2.38. The largest absolute Gasteiger partial charge is 0.489 e. The zero-order valence-electron chi connectivity index (χ0n) is 17.3. The third-order valence-corrected chi connectivity index (χ3v) is 6.69. The lowest BCUT2D eigenvalue weighted by Crippen LogP contribution is -2.58. The Morgan fingerprint density at radius 3 is 2.62 bits per heavy atom. The summed E-state index contributed by atoms with van der Waals surface area (Å²) in [5, 5.41) is 0. The van der Waals surface area contributed by atoms with E-state index in [1.807, 2.05) is 0 Å². The summed E-state index contributed by atoms with van der Waals surface area (Å²) in [5.74, 6) is -0.0149. The van der Waals surface area contributed by atoms with Crippen LogP contribution in [0, 0.1) is 5.82 Å². The number of ether oxygens (including phenoxy) is 2. The number of hydrogen-bond donors (Lipinski definition) is 1. The van der Waals surface area contributed by atoms with Crippen LogP contribution in [0.3, 0.4) is 0 Å². The van der Waals surface area contributed by atoms with Crippen molar-refractivity contribution in [3.05, 3.63) is 53.8 Å². The molecule has 32 heavy (non-hydrogen) atoms. The second-order valence-electron chi connectivity index (χ2n) is 7.79. The molecule has 0 saturated carbocycles. The van der Waals surface area contributed by atoms with Gasteiger partial charge in [0.05, 0.1) is 6.04 Å². The number of amides is 1. The number of alkyl halides is 1. The zero-order chi connectivity index (χ0) is 22.7. The van der Waals surface area contributed by atoms with E-state index < -0.39 is 40.0 Å². The molecule has 10 heteroatoms. The maximum Gasteiger partial charge on any atom is 0.410 e. The summed E-state index contributed by atoms with van der Waals surface area (Å²) in [6, 6.07) is 8.87. The lowest BCUT2D eigenvalue weighted by atomic mass is 9.90. The van der Waals surface area contributed by atoms with Crippen LogP contribution in [0.15, 0.2) is 42.5 Å². The van der Waals surface area contributed by atoms with Gasteiger partial charge in [-0.05, 0) is 30.9 Å². The van der Waals surface area contributed by atoms with Gasteiger partial charge in [-0.3, -0.25) is 0 Å². The van der Waals surface area contributed by atoms with E-state index in [1.54, 1.807) is 42.5 Å². The normalized spacial score (nSPS) is 21.7. The SMILES string of the molecule is O=C1OCCOc2ccccc2-c2cccc(c2F)CC2C(NS(=O)(=O)CF)CCCN12. The van der Waals surface area contributed by atoms with E-state index >= 15 is 4.39 Å². The van der Waals surface area contributed by atoms with E-state index in [-0.39, 0.29) is 19.6 Å². The average Bonchev–Trinajstić information content (AvgIpc) is 2.79. The molecule has 1 saturated heterocycles. The number of sulfonamides is 1. The van der Waals surface area contributed by atoms with Crippen LogP contribution >= 0.6 is 0 Å². The molecule has 2 unspecified atom stereocenters. The predicted molar refractivity (Wildman–Crippen MR) is 114 cm³/mol. The maximum absolute atomic E-state index is 15.6. The van der Waals surface area contributed by atoms with E-state index in [0.717, 1.165) is 0 Å². The first-order chi connectivity index (χ1) is 15.4. The van der Waals surface area contributed by atoms with Crippen LogP contribution in [-0.2, 0) is 21.2 Å². The number of fused-ring (bicyclic) bond motifs is 5. The third kappa shape index (κ3) is 4.71. The van der Waals surface area contributed by atoms with Crippen molar-refractivity contribution in [2.24, 2.45) is 0 Å². The molecule has 2 bridgehead atoms. The number of nitrogens with one attached hydrogen (secondary N) is 1. The zero-order valence-corrected chi connectivity index (χ0v) is 18.1. The molecule has 0 radical (unpaired) electrons. The summed E-state index contributed by atoms with van der Waals surface area (Å²) in [5.41, 5.74) is 1.21. The van der Waals surface area contributed by atoms with E-state index in [1.165, 1.54) is 4.90 Å². The Balaban J connectivity index is 1.77. The quantitative estimate of drug-likeness (QED) is 0.751. The molecule has 1 N–H and O–H groups in total. The summed E-state index contributed by atoms with van der Waals surface area (Å²) < 4.78 is 65.9. The maximum atomic E-state index is 15.6. The number of carbonyl (C=O) groups is 1. The molecule has 0 aromatic heterocycles. The fourth-order valence-corrected chi connectivity index (χ4v) is 5.08. The summed E-state index contributed by atoms with van der Waals surface area (Å²) in [4.78, 5) is 14.2. The Morgan fingerprint density at radius 1 is 1.06 bits per heavy atom. The summed E-state index contributed by atoms with van der Waals surface area (Å²) >= 11 is 0. The van der Waals surface area contributed by atoms with E-state index in [2.05, 4.69) is 4.72 Å². The number of carbonyl (C=O) groups excluding carboxylic acids is 1. The van der Waals surface area contributed by atoms with Crippen molar-refractivity contribution >= 4 is 16.1 Å². The number of rotatable bonds is 3. The van der Waals surface area contributed by atoms with Gasteiger partial charge in [-0.2, -0.15) is 0 Å². The van der Waals surface area contributed by atoms with Gasteiger partial charge in [0.1, 0.15) is 24.8 Å². The first-order valence-corrected chi connectivity index (χ1v) is 12.0. The van der Waals surface area contributed by atoms with Crippen molar-refractivity contribution < 1.29 is 31.5 Å². The highest BCUT2D eigenvalue weighted by Crippen LogP contribution is 2.34. The molecule has 0 aliphatic carbocycles. The van der Waals surface area contributed by atoms with Crippen molar-refractivity contribution in [2.45, 2.75) is 31.3 Å². The van der Waals surface area contributed by atoms with Crippen molar-refractivity contribution in [2.75, 3.05) is 25.8 Å². The summed E-state index contributed by atoms with van der Waals surface area (Å²) in [6.45, 7) is 0.359. The molecule has 7 nitrogen and oxygen atoms in total. The Kier molecular flexibility index (Phi) is 6.61. The molecule has 4 rings (SSSR count). The fraction of sp³-hybridized carbons (Fsp3) is 0.409. The Hall–Kier alpha value is -2.72. The van der Waals surface area contributed by atoms with E-state index in [4.69, 9.17) is 9.47 Å². The predicted octanol–water partition coefficient (Wildman–Crippen LogP) is 3.24. The monoisotopic (exact) mass is 466 g/mol. The Bertz CT molecular complexity index is 1100. The number of halogens is 2. The van der Waals surface area contributed by atoms with Gasteiger partial charge in [-0.25, -0.2) is 26.7 Å². The first-order valence-electron chi connectivity index (χ1n) is 10.4. The number of benzene rings is 2. The van der Waals surface area contributed by atoms with Gasteiger partial charge in [0.15, 0.2) is 0 Å². The second-order valence-corrected chi connectivity index (χ2v) is 9.48. The van der Waals surface area contributed by atoms with Crippen LogP contribution < -0.4 is 9.46 Å². The Morgan fingerprint density at radius 2 is 1.81 bits per heavy atom. The molecule has 1 fully saturated rings. The van der Waals surface area contributed by atoms with Crippen LogP contribution in [0.2, 0.25) is 0 Å². The van der Waals surface area contributed by atoms with Crippen LogP contribution in [0.25, 0.3) is 11.1 Å². The molecule has 2 aliphatic heterocycles.